The molecule has 0 spiro atoms. The Labute approximate surface area is 228 Å². The van der Waals surface area contributed by atoms with Crippen LogP contribution in [0.25, 0.3) is 0 Å². The van der Waals surface area contributed by atoms with Crippen LogP contribution >= 0.6 is 0 Å². The number of hydrogen-bond acceptors (Lipinski definition) is 6. The van der Waals surface area contributed by atoms with E-state index in [0.29, 0.717) is 12.0 Å². The first-order valence-corrected chi connectivity index (χ1v) is 12.7. The van der Waals surface area contributed by atoms with E-state index in [1.165, 1.54) is 16.9 Å². The number of amides is 3. The molecule has 1 aliphatic carbocycles. The number of aromatic nitrogens is 2. The maximum Gasteiger partial charge on any atom is 0.416 e. The van der Waals surface area contributed by atoms with Crippen LogP contribution < -0.4 is 25.7 Å². The van der Waals surface area contributed by atoms with Crippen LogP contribution in [0.15, 0.2) is 58.2 Å². The number of rotatable bonds is 7. The minimum absolute atomic E-state index is 0.0372. The van der Waals surface area contributed by atoms with E-state index in [1.54, 1.807) is 19.2 Å². The highest BCUT2D eigenvalue weighted by atomic mass is 19.4. The molecule has 0 saturated heterocycles. The average Bonchev–Trinajstić information content (AvgIpc) is 3.37. The summed E-state index contributed by atoms with van der Waals surface area (Å²) in [7, 11) is 1.58. The lowest BCUT2D eigenvalue weighted by Crippen LogP contribution is -2.45. The zero-order valence-corrected chi connectivity index (χ0v) is 21.9. The van der Waals surface area contributed by atoms with Gasteiger partial charge in [0, 0.05) is 37.9 Å². The molecule has 1 saturated carbocycles. The van der Waals surface area contributed by atoms with Gasteiger partial charge in [-0.25, -0.2) is 4.79 Å². The second-order valence-electron chi connectivity index (χ2n) is 9.63. The highest BCUT2D eigenvalue weighted by Gasteiger charge is 2.35. The molecule has 1 fully saturated rings. The number of nitrogens with zero attached hydrogens (tertiary/aromatic N) is 3. The highest BCUT2D eigenvalue weighted by molar-refractivity contribution is 5.99. The van der Waals surface area contributed by atoms with Crippen LogP contribution in [0.3, 0.4) is 0 Å². The van der Waals surface area contributed by atoms with Gasteiger partial charge in [0.2, 0.25) is 11.2 Å². The smallest absolute Gasteiger partial charge is 0.416 e. The standard InChI is InChI=1S/C27H29F3N6O4/c1-16-6-3-4-7-17(16)11-23(37)32-20-12-19(27(28,29)30)13-21(14-20)33-26(39)34-24-15-36(35-40-24)22-9-5-8-18(10-22)25(38)31-2/h3-4,6-7,12-15,18,22H,5,8-11H2,1-2H3,(H3-,31,32,33,34,35,37,38,39)/t18-,22+/m1/s1. The SMILES string of the molecule is CNC(=O)[C@@H]1CCC[C@H]([n+]2cc(NC(=O)Nc3cc(N=C([O-])Cc4ccccc4C)cc(C(F)(F)F)c3)on2)C1. The number of halogens is 3. The molecule has 10 nitrogen and oxygen atoms in total. The summed E-state index contributed by atoms with van der Waals surface area (Å²) in [6, 6.07) is 8.80. The number of aryl methyl sites for hydroxylation is 1. The Bertz CT molecular complexity index is 1400. The van der Waals surface area contributed by atoms with E-state index in [-0.39, 0.29) is 41.5 Å². The van der Waals surface area contributed by atoms with Gasteiger partial charge >= 0.3 is 18.1 Å². The Balaban J connectivity index is 1.46. The van der Waals surface area contributed by atoms with Crippen molar-refractivity contribution in [2.75, 3.05) is 17.7 Å². The molecular weight excluding hydrogens is 529 g/mol. The summed E-state index contributed by atoms with van der Waals surface area (Å²) in [6.07, 6.45) is -0.444. The number of anilines is 2. The van der Waals surface area contributed by atoms with Crippen molar-refractivity contribution in [2.45, 2.75) is 51.2 Å². The number of nitrogens with one attached hydrogen (secondary N) is 3. The predicted octanol–water partition coefficient (Wildman–Crippen LogP) is 4.04. The van der Waals surface area contributed by atoms with Gasteiger partial charge in [-0.3, -0.25) is 19.6 Å². The van der Waals surface area contributed by atoms with Crippen molar-refractivity contribution in [2.24, 2.45) is 10.9 Å². The third-order valence-electron chi connectivity index (χ3n) is 6.72. The molecule has 1 heterocycles. The molecule has 0 radical (unpaired) electrons. The number of carbonyl (C=O) groups excluding carboxylic acids is 2. The second kappa shape index (κ2) is 12.2. The van der Waals surface area contributed by atoms with Crippen LogP contribution in [0, 0.1) is 12.8 Å². The van der Waals surface area contributed by atoms with Crippen molar-refractivity contribution in [1.29, 1.82) is 0 Å². The van der Waals surface area contributed by atoms with Gasteiger partial charge in [0.05, 0.1) is 11.3 Å². The van der Waals surface area contributed by atoms with E-state index < -0.39 is 23.7 Å². The third kappa shape index (κ3) is 7.36. The summed E-state index contributed by atoms with van der Waals surface area (Å²) in [5, 5.41) is 23.8. The zero-order valence-electron chi connectivity index (χ0n) is 21.9. The molecule has 0 bridgehead atoms. The van der Waals surface area contributed by atoms with Gasteiger partial charge in [-0.15, -0.1) is 0 Å². The van der Waals surface area contributed by atoms with E-state index in [4.69, 9.17) is 4.52 Å². The average molecular weight is 559 g/mol. The van der Waals surface area contributed by atoms with Gasteiger partial charge < -0.3 is 15.7 Å². The Morgan fingerprint density at radius 2 is 1.95 bits per heavy atom. The van der Waals surface area contributed by atoms with Crippen LogP contribution in [0.2, 0.25) is 0 Å². The second-order valence-corrected chi connectivity index (χ2v) is 9.63. The Hall–Kier alpha value is -4.42. The number of hydrogen-bond donors (Lipinski definition) is 3. The van der Waals surface area contributed by atoms with E-state index in [0.717, 1.165) is 37.0 Å². The van der Waals surface area contributed by atoms with Crippen LogP contribution in [0.1, 0.15) is 48.4 Å². The lowest BCUT2D eigenvalue weighted by Gasteiger charge is -2.22. The lowest BCUT2D eigenvalue weighted by atomic mass is 9.85. The summed E-state index contributed by atoms with van der Waals surface area (Å²) >= 11 is 0. The number of carbonyl (C=O) groups is 2. The molecule has 13 heteroatoms. The Kier molecular flexibility index (Phi) is 8.70. The molecule has 3 amide bonds. The quantitative estimate of drug-likeness (QED) is 0.229. The monoisotopic (exact) mass is 558 g/mol. The maximum atomic E-state index is 13.5. The van der Waals surface area contributed by atoms with Gasteiger partial charge in [0.15, 0.2) is 6.04 Å². The van der Waals surface area contributed by atoms with E-state index in [2.05, 4.69) is 26.2 Å². The fourth-order valence-corrected chi connectivity index (χ4v) is 4.67. The van der Waals surface area contributed by atoms with Gasteiger partial charge in [-0.1, -0.05) is 24.3 Å². The van der Waals surface area contributed by atoms with Gasteiger partial charge in [-0.2, -0.15) is 13.2 Å². The van der Waals surface area contributed by atoms with Crippen LogP contribution in [0.4, 0.5) is 35.2 Å². The third-order valence-corrected chi connectivity index (χ3v) is 6.72. The molecule has 40 heavy (non-hydrogen) atoms. The first-order valence-electron chi connectivity index (χ1n) is 12.7. The van der Waals surface area contributed by atoms with E-state index >= 15 is 0 Å². The first-order chi connectivity index (χ1) is 19.0. The molecule has 212 valence electrons. The molecule has 4 rings (SSSR count). The molecule has 3 aromatic rings. The molecule has 1 aromatic heterocycles. The normalized spacial score (nSPS) is 17.8. The summed E-state index contributed by atoms with van der Waals surface area (Å²) in [5.41, 5.74) is 0.0282. The van der Waals surface area contributed by atoms with Gasteiger partial charge in [0.25, 0.3) is 6.20 Å². The minimum Gasteiger partial charge on any atom is -0.861 e. The number of aliphatic imine (C=N–C) groups is 1. The van der Waals surface area contributed by atoms with E-state index in [1.807, 2.05) is 19.1 Å². The molecule has 3 N–H and O–H groups in total. The summed E-state index contributed by atoms with van der Waals surface area (Å²) in [4.78, 5) is 28.4. The van der Waals surface area contributed by atoms with E-state index in [9.17, 15) is 27.9 Å². The molecule has 2 aromatic carbocycles. The van der Waals surface area contributed by atoms with Gasteiger partial charge in [-0.05, 0) is 59.7 Å². The first kappa shape index (κ1) is 28.6. The molecule has 1 aliphatic rings. The molecular formula is C27H29F3N6O4. The van der Waals surface area contributed by atoms with Crippen molar-refractivity contribution in [3.05, 3.63) is 65.4 Å². The number of urea groups is 1. The van der Waals surface area contributed by atoms with Crippen molar-refractivity contribution in [3.63, 3.8) is 0 Å². The number of alkyl halides is 3. The van der Waals surface area contributed by atoms with Crippen molar-refractivity contribution in [1.82, 2.24) is 10.6 Å². The Morgan fingerprint density at radius 3 is 2.67 bits per heavy atom. The van der Waals surface area contributed by atoms with Crippen molar-refractivity contribution in [3.8, 4) is 0 Å². The number of benzene rings is 2. The van der Waals surface area contributed by atoms with Crippen molar-refractivity contribution >= 4 is 35.1 Å². The summed E-state index contributed by atoms with van der Waals surface area (Å²) < 4.78 is 47.3. The van der Waals surface area contributed by atoms with Gasteiger partial charge in [0.1, 0.15) is 0 Å². The zero-order chi connectivity index (χ0) is 28.9. The molecule has 0 aliphatic heterocycles. The van der Waals surface area contributed by atoms with Crippen molar-refractivity contribution < 1.29 is 37.1 Å². The van der Waals surface area contributed by atoms with Crippen LogP contribution in [-0.4, -0.2) is 30.2 Å². The maximum absolute atomic E-state index is 13.5. The molecule has 2 atom stereocenters. The summed E-state index contributed by atoms with van der Waals surface area (Å²) in [5.74, 6) is -0.867. The van der Waals surface area contributed by atoms with Crippen LogP contribution in [-0.2, 0) is 17.4 Å². The predicted molar refractivity (Wildman–Crippen MR) is 138 cm³/mol. The Morgan fingerprint density at radius 1 is 1.18 bits per heavy atom. The molecule has 0 unspecified atom stereocenters. The highest BCUT2D eigenvalue weighted by Crippen LogP contribution is 2.34. The van der Waals surface area contributed by atoms with Crippen LogP contribution in [0.5, 0.6) is 0 Å². The fraction of sp³-hybridized carbons (Fsp3) is 0.370. The lowest BCUT2D eigenvalue weighted by molar-refractivity contribution is -0.787. The fourth-order valence-electron chi connectivity index (χ4n) is 4.67. The topological polar surface area (TPSA) is 136 Å². The summed E-state index contributed by atoms with van der Waals surface area (Å²) in [6.45, 7) is 1.82. The minimum atomic E-state index is -4.74. The largest absolute Gasteiger partial charge is 0.861 e.